The molecule has 1 aromatic heterocycles. The molecule has 5 heteroatoms. The van der Waals surface area contributed by atoms with Crippen LogP contribution in [0.1, 0.15) is 0 Å². The molecule has 1 heterocycles. The third kappa shape index (κ3) is 2.64. The minimum absolute atomic E-state index is 0.420. The molecule has 2 rings (SSSR count). The molecule has 0 saturated heterocycles. The van der Waals surface area contributed by atoms with Crippen LogP contribution in [0.4, 0.5) is 17.3 Å². The molecule has 0 aliphatic carbocycles. The topological polar surface area (TPSA) is 63.8 Å². The maximum absolute atomic E-state index is 5.45. The van der Waals surface area contributed by atoms with Gasteiger partial charge in [0.05, 0.1) is 12.4 Å². The zero-order valence-electron chi connectivity index (χ0n) is 8.84. The van der Waals surface area contributed by atoms with Gasteiger partial charge in [0.1, 0.15) is 11.6 Å². The van der Waals surface area contributed by atoms with E-state index in [1.54, 1.807) is 18.0 Å². The highest BCUT2D eigenvalue weighted by Gasteiger charge is 1.96. The first kappa shape index (κ1) is 10.8. The SMILES string of the molecule is CSc1ccc(Nc2cnc(N)cn2)cc1. The average Bonchev–Trinajstić information content (AvgIpc) is 2.33. The van der Waals surface area contributed by atoms with E-state index >= 15 is 0 Å². The second-order valence-electron chi connectivity index (χ2n) is 3.18. The fourth-order valence-electron chi connectivity index (χ4n) is 1.22. The maximum atomic E-state index is 5.45. The summed E-state index contributed by atoms with van der Waals surface area (Å²) >= 11 is 1.71. The third-order valence-electron chi connectivity index (χ3n) is 2.03. The zero-order valence-corrected chi connectivity index (χ0v) is 9.66. The van der Waals surface area contributed by atoms with Crippen molar-refractivity contribution < 1.29 is 0 Å². The molecular formula is C11H12N4S. The summed E-state index contributed by atoms with van der Waals surface area (Å²) in [5.41, 5.74) is 6.44. The highest BCUT2D eigenvalue weighted by molar-refractivity contribution is 7.98. The monoisotopic (exact) mass is 232 g/mol. The van der Waals surface area contributed by atoms with Gasteiger partial charge in [-0.3, -0.25) is 0 Å². The fourth-order valence-corrected chi connectivity index (χ4v) is 1.63. The lowest BCUT2D eigenvalue weighted by Crippen LogP contribution is -1.96. The molecule has 0 saturated carbocycles. The van der Waals surface area contributed by atoms with Gasteiger partial charge >= 0.3 is 0 Å². The number of nitrogen functional groups attached to an aromatic ring is 1. The molecule has 0 radical (unpaired) electrons. The van der Waals surface area contributed by atoms with Gasteiger partial charge in [-0.25, -0.2) is 9.97 Å². The minimum atomic E-state index is 0.420. The lowest BCUT2D eigenvalue weighted by Gasteiger charge is -2.05. The first-order valence-corrected chi connectivity index (χ1v) is 5.99. The Morgan fingerprint density at radius 3 is 2.44 bits per heavy atom. The molecule has 0 amide bonds. The first-order chi connectivity index (χ1) is 7.78. The standard InChI is InChI=1S/C11H12N4S/c1-16-9-4-2-8(3-5-9)15-11-7-13-10(12)6-14-11/h2-7H,1H3,(H2,12,13)(H,14,15). The van der Waals surface area contributed by atoms with Crippen LogP contribution >= 0.6 is 11.8 Å². The third-order valence-corrected chi connectivity index (χ3v) is 2.78. The van der Waals surface area contributed by atoms with Crippen LogP contribution in [-0.4, -0.2) is 16.2 Å². The van der Waals surface area contributed by atoms with Crippen LogP contribution in [0.5, 0.6) is 0 Å². The molecule has 82 valence electrons. The lowest BCUT2D eigenvalue weighted by molar-refractivity contribution is 1.21. The van der Waals surface area contributed by atoms with Gasteiger partial charge in [0.15, 0.2) is 0 Å². The molecule has 0 aliphatic rings. The van der Waals surface area contributed by atoms with Crippen molar-refractivity contribution in [1.82, 2.24) is 9.97 Å². The summed E-state index contributed by atoms with van der Waals surface area (Å²) in [6, 6.07) is 8.11. The summed E-state index contributed by atoms with van der Waals surface area (Å²) in [6.07, 6.45) is 5.18. The molecule has 1 aromatic carbocycles. The zero-order chi connectivity index (χ0) is 11.4. The summed E-state index contributed by atoms with van der Waals surface area (Å²) in [5, 5.41) is 3.14. The molecule has 0 unspecified atom stereocenters. The Morgan fingerprint density at radius 1 is 1.12 bits per heavy atom. The van der Waals surface area contributed by atoms with Crippen molar-refractivity contribution in [1.29, 1.82) is 0 Å². The summed E-state index contributed by atoms with van der Waals surface area (Å²) in [7, 11) is 0. The van der Waals surface area contributed by atoms with E-state index < -0.39 is 0 Å². The number of nitrogens with zero attached hydrogens (tertiary/aromatic N) is 2. The summed E-state index contributed by atoms with van der Waals surface area (Å²) < 4.78 is 0. The molecule has 16 heavy (non-hydrogen) atoms. The van der Waals surface area contributed by atoms with Gasteiger partial charge in [-0.1, -0.05) is 0 Å². The number of aromatic nitrogens is 2. The quantitative estimate of drug-likeness (QED) is 0.796. The van der Waals surface area contributed by atoms with Gasteiger partial charge in [-0.15, -0.1) is 11.8 Å². The number of nitrogens with one attached hydrogen (secondary N) is 1. The van der Waals surface area contributed by atoms with E-state index in [1.165, 1.54) is 11.1 Å². The first-order valence-electron chi connectivity index (χ1n) is 4.76. The van der Waals surface area contributed by atoms with E-state index in [0.717, 1.165) is 5.69 Å². The van der Waals surface area contributed by atoms with Crippen molar-refractivity contribution in [2.75, 3.05) is 17.3 Å². The molecule has 0 spiro atoms. The van der Waals surface area contributed by atoms with Gasteiger partial charge in [-0.05, 0) is 30.5 Å². The molecule has 0 aliphatic heterocycles. The normalized spacial score (nSPS) is 10.1. The minimum Gasteiger partial charge on any atom is -0.382 e. The molecule has 2 aromatic rings. The van der Waals surface area contributed by atoms with Crippen molar-refractivity contribution in [3.63, 3.8) is 0 Å². The molecule has 3 N–H and O–H groups in total. The second kappa shape index (κ2) is 4.85. The van der Waals surface area contributed by atoms with E-state index in [1.807, 2.05) is 18.4 Å². The van der Waals surface area contributed by atoms with Gasteiger partial charge in [-0.2, -0.15) is 0 Å². The Kier molecular flexibility index (Phi) is 3.26. The van der Waals surface area contributed by atoms with E-state index in [-0.39, 0.29) is 0 Å². The van der Waals surface area contributed by atoms with E-state index in [2.05, 4.69) is 27.4 Å². The van der Waals surface area contributed by atoms with Gasteiger partial charge in [0.25, 0.3) is 0 Å². The van der Waals surface area contributed by atoms with Crippen LogP contribution in [0.15, 0.2) is 41.6 Å². The van der Waals surface area contributed by atoms with Gasteiger partial charge in [0.2, 0.25) is 0 Å². The van der Waals surface area contributed by atoms with Crippen LogP contribution in [-0.2, 0) is 0 Å². The second-order valence-corrected chi connectivity index (χ2v) is 4.06. The van der Waals surface area contributed by atoms with Crippen LogP contribution < -0.4 is 11.1 Å². The average molecular weight is 232 g/mol. The summed E-state index contributed by atoms with van der Waals surface area (Å²) in [6.45, 7) is 0. The molecule has 0 fully saturated rings. The Morgan fingerprint density at radius 2 is 1.88 bits per heavy atom. The fraction of sp³-hybridized carbons (Fsp3) is 0.0909. The van der Waals surface area contributed by atoms with E-state index in [0.29, 0.717) is 11.6 Å². The molecule has 0 bridgehead atoms. The predicted octanol–water partition coefficient (Wildman–Crippen LogP) is 2.52. The molecule has 0 atom stereocenters. The Hall–Kier alpha value is -1.75. The Balaban J connectivity index is 2.11. The number of hydrogen-bond donors (Lipinski definition) is 2. The van der Waals surface area contributed by atoms with Crippen molar-refractivity contribution in [2.24, 2.45) is 0 Å². The highest BCUT2D eigenvalue weighted by atomic mass is 32.2. The van der Waals surface area contributed by atoms with Crippen LogP contribution in [0.25, 0.3) is 0 Å². The van der Waals surface area contributed by atoms with Crippen LogP contribution in [0.2, 0.25) is 0 Å². The van der Waals surface area contributed by atoms with E-state index in [4.69, 9.17) is 5.73 Å². The number of rotatable bonds is 3. The summed E-state index contributed by atoms with van der Waals surface area (Å²) in [5.74, 6) is 1.11. The van der Waals surface area contributed by atoms with Crippen molar-refractivity contribution in [3.05, 3.63) is 36.7 Å². The Labute approximate surface area is 98.3 Å². The van der Waals surface area contributed by atoms with Gasteiger partial charge < -0.3 is 11.1 Å². The molecule has 4 nitrogen and oxygen atoms in total. The largest absolute Gasteiger partial charge is 0.382 e. The van der Waals surface area contributed by atoms with Crippen LogP contribution in [0, 0.1) is 0 Å². The number of anilines is 3. The van der Waals surface area contributed by atoms with Crippen molar-refractivity contribution in [2.45, 2.75) is 4.90 Å². The number of thioether (sulfide) groups is 1. The van der Waals surface area contributed by atoms with Gasteiger partial charge in [0, 0.05) is 10.6 Å². The van der Waals surface area contributed by atoms with E-state index in [9.17, 15) is 0 Å². The summed E-state index contributed by atoms with van der Waals surface area (Å²) in [4.78, 5) is 9.30. The van der Waals surface area contributed by atoms with Crippen molar-refractivity contribution in [3.8, 4) is 0 Å². The van der Waals surface area contributed by atoms with Crippen LogP contribution in [0.3, 0.4) is 0 Å². The molecular weight excluding hydrogens is 220 g/mol. The lowest BCUT2D eigenvalue weighted by atomic mass is 10.3. The smallest absolute Gasteiger partial charge is 0.149 e. The van der Waals surface area contributed by atoms with Crippen molar-refractivity contribution >= 4 is 29.1 Å². The maximum Gasteiger partial charge on any atom is 0.149 e. The number of hydrogen-bond acceptors (Lipinski definition) is 5. The predicted molar refractivity (Wildman–Crippen MR) is 68.0 cm³/mol. The highest BCUT2D eigenvalue weighted by Crippen LogP contribution is 2.19. The number of benzene rings is 1. The number of nitrogens with two attached hydrogens (primary N) is 1. The Bertz CT molecular complexity index is 452.